The minimum absolute atomic E-state index is 0. The molecule has 2 aromatic carbocycles. The maximum atomic E-state index is 10.0. The van der Waals surface area contributed by atoms with Gasteiger partial charge in [-0.05, 0) is 51.9 Å². The van der Waals surface area contributed by atoms with Crippen molar-refractivity contribution in [2.75, 3.05) is 0 Å². The second-order valence-electron chi connectivity index (χ2n) is 7.82. The van der Waals surface area contributed by atoms with Crippen molar-refractivity contribution >= 4 is 5.78 Å². The zero-order valence-corrected chi connectivity index (χ0v) is 21.8. The standard InChI is InChI=1S/C22H22NO2.C5H8O2.Pt/c1-14-8-15(2)22(16(3)9-14)18-4-5-20(19(11-18)13-25)21-10-17(12-24)6-7-23-21;1-4(6)3-5(2)7;/h4,6-11,24-25H,12-13H2,1-3H3;3,6H,1-2H3;/q-1;;/b;4-3-;. The van der Waals surface area contributed by atoms with E-state index in [9.17, 15) is 15.0 Å². The zero-order valence-electron chi connectivity index (χ0n) is 19.5. The van der Waals surface area contributed by atoms with Gasteiger partial charge in [-0.15, -0.1) is 29.3 Å². The number of aryl methyl sites for hydroxylation is 3. The van der Waals surface area contributed by atoms with E-state index in [1.807, 2.05) is 18.2 Å². The number of ketones is 1. The molecule has 3 rings (SSSR count). The monoisotopic (exact) mass is 627 g/mol. The molecule has 0 atom stereocenters. The van der Waals surface area contributed by atoms with Gasteiger partial charge in [0.05, 0.1) is 12.4 Å². The number of carbonyl (C=O) groups is 1. The van der Waals surface area contributed by atoms with Crippen molar-refractivity contribution in [1.82, 2.24) is 4.98 Å². The van der Waals surface area contributed by atoms with Crippen LogP contribution in [0.3, 0.4) is 0 Å². The summed E-state index contributed by atoms with van der Waals surface area (Å²) in [7, 11) is 0. The van der Waals surface area contributed by atoms with Crippen molar-refractivity contribution in [3.63, 3.8) is 0 Å². The van der Waals surface area contributed by atoms with Crippen molar-refractivity contribution in [2.45, 2.75) is 47.8 Å². The fraction of sp³-hybridized carbons (Fsp3) is 0.259. The van der Waals surface area contributed by atoms with E-state index in [2.05, 4.69) is 44.0 Å². The Balaban J connectivity index is 0.000000595. The van der Waals surface area contributed by atoms with Gasteiger partial charge in [-0.25, -0.2) is 0 Å². The maximum absolute atomic E-state index is 10.0. The smallest absolute Gasteiger partial charge is 0.155 e. The second-order valence-corrected chi connectivity index (χ2v) is 7.82. The van der Waals surface area contributed by atoms with E-state index >= 15 is 0 Å². The Morgan fingerprint density at radius 2 is 1.67 bits per heavy atom. The van der Waals surface area contributed by atoms with Gasteiger partial charge in [-0.3, -0.25) is 4.79 Å². The number of carbonyl (C=O) groups excluding carboxylic acids is 1. The Bertz CT molecular complexity index is 1110. The van der Waals surface area contributed by atoms with Gasteiger partial charge in [0.2, 0.25) is 0 Å². The maximum Gasteiger partial charge on any atom is 0.155 e. The minimum Gasteiger partial charge on any atom is -0.512 e. The molecule has 6 heteroatoms. The van der Waals surface area contributed by atoms with Gasteiger partial charge >= 0.3 is 0 Å². The number of aliphatic hydroxyl groups is 3. The predicted molar refractivity (Wildman–Crippen MR) is 127 cm³/mol. The molecule has 3 aromatic rings. The summed E-state index contributed by atoms with van der Waals surface area (Å²) in [6.45, 7) is 9.03. The molecule has 0 radical (unpaired) electrons. The van der Waals surface area contributed by atoms with E-state index < -0.39 is 0 Å². The van der Waals surface area contributed by atoms with Crippen molar-refractivity contribution in [3.05, 3.63) is 88.3 Å². The number of hydrogen-bond donors (Lipinski definition) is 3. The van der Waals surface area contributed by atoms with Crippen LogP contribution in [-0.2, 0) is 39.1 Å². The van der Waals surface area contributed by atoms with Gasteiger partial charge < -0.3 is 20.3 Å². The predicted octanol–water partition coefficient (Wildman–Crippen LogP) is 5.16. The number of rotatable bonds is 5. The first-order chi connectivity index (χ1) is 15.2. The van der Waals surface area contributed by atoms with E-state index in [-0.39, 0.29) is 45.8 Å². The van der Waals surface area contributed by atoms with Crippen molar-refractivity contribution in [1.29, 1.82) is 0 Å². The van der Waals surface area contributed by atoms with Crippen LogP contribution in [0.1, 0.15) is 41.7 Å². The Kier molecular flexibility index (Phi) is 11.4. The van der Waals surface area contributed by atoms with Gasteiger partial charge in [0.1, 0.15) is 0 Å². The molecular formula is C27H30NO4Pt-. The van der Waals surface area contributed by atoms with Gasteiger partial charge in [0.15, 0.2) is 5.78 Å². The quantitative estimate of drug-likeness (QED) is 0.207. The molecule has 0 aliphatic rings. The van der Waals surface area contributed by atoms with E-state index in [0.717, 1.165) is 22.3 Å². The van der Waals surface area contributed by atoms with E-state index in [1.165, 1.54) is 42.2 Å². The van der Waals surface area contributed by atoms with Gasteiger partial charge in [0.25, 0.3) is 0 Å². The summed E-state index contributed by atoms with van der Waals surface area (Å²) >= 11 is 0. The molecular weight excluding hydrogens is 597 g/mol. The van der Waals surface area contributed by atoms with Crippen molar-refractivity contribution in [3.8, 4) is 22.4 Å². The number of aromatic nitrogens is 1. The molecule has 0 bridgehead atoms. The Labute approximate surface area is 210 Å². The first-order valence-corrected chi connectivity index (χ1v) is 10.3. The zero-order chi connectivity index (χ0) is 23.8. The molecule has 0 unspecified atom stereocenters. The van der Waals surface area contributed by atoms with Crippen LogP contribution in [0.25, 0.3) is 22.4 Å². The Morgan fingerprint density at radius 3 is 2.15 bits per heavy atom. The summed E-state index contributed by atoms with van der Waals surface area (Å²) in [4.78, 5) is 14.4. The molecule has 0 spiro atoms. The third kappa shape index (κ3) is 8.04. The number of hydrogen-bond acceptors (Lipinski definition) is 5. The van der Waals surface area contributed by atoms with Crippen LogP contribution in [0.4, 0.5) is 0 Å². The third-order valence-corrected chi connectivity index (χ3v) is 4.83. The average molecular weight is 628 g/mol. The van der Waals surface area contributed by atoms with Crippen molar-refractivity contribution in [2.24, 2.45) is 0 Å². The second kappa shape index (κ2) is 13.2. The van der Waals surface area contributed by atoms with Crippen LogP contribution in [-0.4, -0.2) is 26.1 Å². The van der Waals surface area contributed by atoms with Crippen LogP contribution in [0, 0.1) is 26.8 Å². The van der Waals surface area contributed by atoms with Crippen molar-refractivity contribution < 1.29 is 41.2 Å². The molecule has 0 aliphatic carbocycles. The number of aliphatic hydroxyl groups excluding tert-OH is 3. The molecule has 0 saturated carbocycles. The molecule has 0 saturated heterocycles. The molecule has 0 fully saturated rings. The normalized spacial score (nSPS) is 10.7. The van der Waals surface area contributed by atoms with Gasteiger partial charge in [-0.2, -0.15) is 0 Å². The SMILES string of the molecule is CC(=O)/C=C(/C)O.Cc1cc(C)c(-c2c[c-]c(-c3cc(CO)ccn3)c(CO)c2)c(C)c1.[Pt]. The number of allylic oxidation sites excluding steroid dienone is 2. The first kappa shape index (κ1) is 28.4. The van der Waals surface area contributed by atoms with Crippen LogP contribution in [0.15, 0.2) is 54.4 Å². The molecule has 0 aliphatic heterocycles. The fourth-order valence-corrected chi connectivity index (χ4v) is 3.69. The van der Waals surface area contributed by atoms with Crippen LogP contribution >= 0.6 is 0 Å². The molecule has 1 aromatic heterocycles. The van der Waals surface area contributed by atoms with E-state index in [1.54, 1.807) is 12.3 Å². The van der Waals surface area contributed by atoms with Crippen LogP contribution in [0.5, 0.6) is 0 Å². The van der Waals surface area contributed by atoms with Gasteiger partial charge in [0, 0.05) is 39.9 Å². The molecule has 5 nitrogen and oxygen atoms in total. The summed E-state index contributed by atoms with van der Waals surface area (Å²) in [6.07, 6.45) is 2.83. The minimum atomic E-state index is -0.125. The fourth-order valence-electron chi connectivity index (χ4n) is 3.69. The summed E-state index contributed by atoms with van der Waals surface area (Å²) in [6, 6.07) is 15.2. The summed E-state index contributed by atoms with van der Waals surface area (Å²) in [5.41, 5.74) is 8.93. The number of pyridine rings is 1. The summed E-state index contributed by atoms with van der Waals surface area (Å²) in [5.74, 6) is -0.0625. The molecule has 178 valence electrons. The third-order valence-electron chi connectivity index (χ3n) is 4.83. The molecule has 33 heavy (non-hydrogen) atoms. The largest absolute Gasteiger partial charge is 0.512 e. The molecule has 0 amide bonds. The molecule has 1 heterocycles. The molecule has 3 N–H and O–H groups in total. The Hall–Kier alpha value is -2.59. The van der Waals surface area contributed by atoms with Gasteiger partial charge in [-0.1, -0.05) is 46.0 Å². The van der Waals surface area contributed by atoms with E-state index in [4.69, 9.17) is 5.11 Å². The van der Waals surface area contributed by atoms with Crippen LogP contribution in [0.2, 0.25) is 0 Å². The van der Waals surface area contributed by atoms with Crippen LogP contribution < -0.4 is 0 Å². The number of benzene rings is 2. The average Bonchev–Trinajstić information content (AvgIpc) is 2.72. The summed E-state index contributed by atoms with van der Waals surface area (Å²) < 4.78 is 0. The first-order valence-electron chi connectivity index (χ1n) is 10.3. The summed E-state index contributed by atoms with van der Waals surface area (Å²) in [5, 5.41) is 27.6. The Morgan fingerprint density at radius 1 is 1.03 bits per heavy atom. The topological polar surface area (TPSA) is 90.7 Å². The number of nitrogens with zero attached hydrogens (tertiary/aromatic N) is 1. The van der Waals surface area contributed by atoms with E-state index in [0.29, 0.717) is 5.69 Å².